The first-order valence-electron chi connectivity index (χ1n) is 11.1. The molecular formula is C28H22N2O4S. The highest BCUT2D eigenvalue weighted by Gasteiger charge is 2.18. The van der Waals surface area contributed by atoms with Gasteiger partial charge in [0.1, 0.15) is 11.2 Å². The highest BCUT2D eigenvalue weighted by atomic mass is 32.1. The Labute approximate surface area is 206 Å². The van der Waals surface area contributed by atoms with Crippen LogP contribution < -0.4 is 16.3 Å². The minimum atomic E-state index is -0.558. The van der Waals surface area contributed by atoms with Crippen LogP contribution in [0.1, 0.15) is 16.7 Å². The van der Waals surface area contributed by atoms with Gasteiger partial charge in [-0.05, 0) is 61.0 Å². The molecule has 0 aliphatic carbocycles. The van der Waals surface area contributed by atoms with Crippen LogP contribution >= 0.6 is 12.2 Å². The van der Waals surface area contributed by atoms with E-state index in [4.69, 9.17) is 21.1 Å². The molecule has 0 saturated carbocycles. The van der Waals surface area contributed by atoms with Crippen molar-refractivity contribution >= 4 is 50.9 Å². The van der Waals surface area contributed by atoms with Gasteiger partial charge >= 0.3 is 5.63 Å². The predicted octanol–water partition coefficient (Wildman–Crippen LogP) is 5.88. The highest BCUT2D eigenvalue weighted by molar-refractivity contribution is 7.80. The zero-order valence-corrected chi connectivity index (χ0v) is 20.0. The Morgan fingerprint density at radius 3 is 2.51 bits per heavy atom. The van der Waals surface area contributed by atoms with E-state index in [0.717, 1.165) is 33.2 Å². The van der Waals surface area contributed by atoms with Crippen molar-refractivity contribution < 1.29 is 13.6 Å². The second kappa shape index (κ2) is 9.19. The number of carbonyl (C=O) groups excluding carboxylic acids is 1. The Morgan fingerprint density at radius 1 is 0.943 bits per heavy atom. The van der Waals surface area contributed by atoms with E-state index in [1.54, 1.807) is 12.3 Å². The largest absolute Gasteiger partial charge is 0.464 e. The zero-order valence-electron chi connectivity index (χ0n) is 19.2. The van der Waals surface area contributed by atoms with Gasteiger partial charge < -0.3 is 19.5 Å². The number of benzene rings is 3. The Balaban J connectivity index is 1.43. The van der Waals surface area contributed by atoms with E-state index < -0.39 is 11.5 Å². The quantitative estimate of drug-likeness (QED) is 0.246. The normalized spacial score (nSPS) is 11.0. The number of thiocarbonyl (C=S) groups is 1. The Kier molecular flexibility index (Phi) is 5.93. The van der Waals surface area contributed by atoms with E-state index in [2.05, 4.69) is 10.6 Å². The molecule has 0 aliphatic rings. The lowest BCUT2D eigenvalue weighted by molar-refractivity contribution is -0.119. The monoisotopic (exact) mass is 482 g/mol. The van der Waals surface area contributed by atoms with Crippen molar-refractivity contribution in [3.63, 3.8) is 0 Å². The molecule has 3 aromatic carbocycles. The maximum Gasteiger partial charge on any atom is 0.340 e. The molecule has 174 valence electrons. The summed E-state index contributed by atoms with van der Waals surface area (Å²) in [5.74, 6) is -0.403. The number of amides is 1. The molecule has 0 bridgehead atoms. The maximum absolute atomic E-state index is 12.7. The number of anilines is 1. The lowest BCUT2D eigenvalue weighted by Gasteiger charge is -2.11. The van der Waals surface area contributed by atoms with Crippen molar-refractivity contribution in [2.24, 2.45) is 0 Å². The highest BCUT2D eigenvalue weighted by Crippen LogP contribution is 2.34. The van der Waals surface area contributed by atoms with Crippen LogP contribution in [-0.4, -0.2) is 11.0 Å². The molecule has 5 aromatic rings. The minimum Gasteiger partial charge on any atom is -0.464 e. The standard InChI is InChI=1S/C28H22N2O4S/c1-16-7-6-10-19(11-16)29-28(35)30-26(31)13-21-17(2)20-12-22-23(18-8-4-3-5-9-18)15-33-24(22)14-25(20)34-27(21)32/h3-12,14-15H,13H2,1-2H3,(H2,29,30,31,35). The first kappa shape index (κ1) is 22.6. The van der Waals surface area contributed by atoms with Gasteiger partial charge in [0, 0.05) is 28.1 Å². The third-order valence-corrected chi connectivity index (χ3v) is 6.14. The van der Waals surface area contributed by atoms with Gasteiger partial charge in [0.15, 0.2) is 5.11 Å². The second-order valence-electron chi connectivity index (χ2n) is 8.40. The minimum absolute atomic E-state index is 0.158. The van der Waals surface area contributed by atoms with Crippen LogP contribution in [-0.2, 0) is 11.2 Å². The van der Waals surface area contributed by atoms with Crippen molar-refractivity contribution in [2.45, 2.75) is 20.3 Å². The van der Waals surface area contributed by atoms with Gasteiger partial charge in [-0.25, -0.2) is 4.79 Å². The van der Waals surface area contributed by atoms with Crippen LogP contribution in [0.4, 0.5) is 5.69 Å². The summed E-state index contributed by atoms with van der Waals surface area (Å²) in [4.78, 5) is 25.4. The molecule has 6 nitrogen and oxygen atoms in total. The van der Waals surface area contributed by atoms with Crippen LogP contribution in [0.5, 0.6) is 0 Å². The van der Waals surface area contributed by atoms with E-state index in [0.29, 0.717) is 16.7 Å². The van der Waals surface area contributed by atoms with E-state index >= 15 is 0 Å². The number of fused-ring (bicyclic) bond motifs is 2. The summed E-state index contributed by atoms with van der Waals surface area (Å²) in [7, 11) is 0. The maximum atomic E-state index is 12.7. The first-order chi connectivity index (χ1) is 16.9. The van der Waals surface area contributed by atoms with Crippen molar-refractivity contribution in [3.05, 3.63) is 100 Å². The molecule has 0 radical (unpaired) electrons. The second-order valence-corrected chi connectivity index (χ2v) is 8.81. The number of hydrogen-bond acceptors (Lipinski definition) is 5. The summed E-state index contributed by atoms with van der Waals surface area (Å²) in [6, 6.07) is 21.2. The summed E-state index contributed by atoms with van der Waals surface area (Å²) >= 11 is 5.26. The molecule has 1 amide bonds. The molecule has 5 rings (SSSR count). The Morgan fingerprint density at radius 2 is 1.74 bits per heavy atom. The molecule has 2 heterocycles. The van der Waals surface area contributed by atoms with Crippen molar-refractivity contribution in [1.82, 2.24) is 5.32 Å². The fourth-order valence-corrected chi connectivity index (χ4v) is 4.40. The zero-order chi connectivity index (χ0) is 24.5. The summed E-state index contributed by atoms with van der Waals surface area (Å²) < 4.78 is 11.3. The molecule has 7 heteroatoms. The lowest BCUT2D eigenvalue weighted by atomic mass is 9.99. The van der Waals surface area contributed by atoms with Gasteiger partial charge in [-0.1, -0.05) is 42.5 Å². The van der Waals surface area contributed by atoms with E-state index in [1.807, 2.05) is 74.5 Å². The van der Waals surface area contributed by atoms with E-state index in [9.17, 15) is 9.59 Å². The van der Waals surface area contributed by atoms with Crippen LogP contribution in [0.2, 0.25) is 0 Å². The van der Waals surface area contributed by atoms with Gasteiger partial charge in [-0.15, -0.1) is 0 Å². The molecule has 0 unspecified atom stereocenters. The molecule has 35 heavy (non-hydrogen) atoms. The lowest BCUT2D eigenvalue weighted by Crippen LogP contribution is -2.36. The van der Waals surface area contributed by atoms with Gasteiger partial charge in [-0.2, -0.15) is 0 Å². The average Bonchev–Trinajstić information content (AvgIpc) is 3.24. The third kappa shape index (κ3) is 4.58. The predicted molar refractivity (Wildman–Crippen MR) is 142 cm³/mol. The number of rotatable bonds is 4. The van der Waals surface area contributed by atoms with Crippen LogP contribution in [0.25, 0.3) is 33.1 Å². The number of carbonyl (C=O) groups is 1. The molecule has 0 aliphatic heterocycles. The fourth-order valence-electron chi connectivity index (χ4n) is 4.17. The topological polar surface area (TPSA) is 84.5 Å². The fraction of sp³-hybridized carbons (Fsp3) is 0.107. The number of aryl methyl sites for hydroxylation is 2. The van der Waals surface area contributed by atoms with Gasteiger partial charge in [-0.3, -0.25) is 4.79 Å². The Hall–Kier alpha value is -4.23. The third-order valence-electron chi connectivity index (χ3n) is 5.93. The van der Waals surface area contributed by atoms with Crippen molar-refractivity contribution in [2.75, 3.05) is 5.32 Å². The molecule has 0 atom stereocenters. The van der Waals surface area contributed by atoms with E-state index in [-0.39, 0.29) is 17.1 Å². The summed E-state index contributed by atoms with van der Waals surface area (Å²) in [5.41, 5.74) is 5.26. The molecule has 0 spiro atoms. The first-order valence-corrected chi connectivity index (χ1v) is 11.5. The number of nitrogens with one attached hydrogen (secondary N) is 2. The number of hydrogen-bond donors (Lipinski definition) is 2. The van der Waals surface area contributed by atoms with Crippen molar-refractivity contribution in [3.8, 4) is 11.1 Å². The van der Waals surface area contributed by atoms with Crippen molar-refractivity contribution in [1.29, 1.82) is 0 Å². The molecule has 2 aromatic heterocycles. The summed E-state index contributed by atoms with van der Waals surface area (Å²) in [6.45, 7) is 3.79. The van der Waals surface area contributed by atoms with Crippen LogP contribution in [0, 0.1) is 13.8 Å². The van der Waals surface area contributed by atoms with Gasteiger partial charge in [0.25, 0.3) is 0 Å². The molecule has 2 N–H and O–H groups in total. The smallest absolute Gasteiger partial charge is 0.340 e. The molecule has 0 saturated heterocycles. The molecular weight excluding hydrogens is 460 g/mol. The SMILES string of the molecule is Cc1cccc(NC(=S)NC(=O)Cc2c(C)c3cc4c(-c5ccccc5)coc4cc3oc2=O)c1. The van der Waals surface area contributed by atoms with Gasteiger partial charge in [0.05, 0.1) is 18.2 Å². The number of furan rings is 1. The van der Waals surface area contributed by atoms with E-state index in [1.165, 1.54) is 0 Å². The van der Waals surface area contributed by atoms with Gasteiger partial charge in [0.2, 0.25) is 5.91 Å². The Bertz CT molecular complexity index is 1650. The van der Waals surface area contributed by atoms with Crippen LogP contribution in [0.15, 0.2) is 86.6 Å². The average molecular weight is 483 g/mol. The summed E-state index contributed by atoms with van der Waals surface area (Å²) in [5, 5.41) is 7.44. The van der Waals surface area contributed by atoms with Crippen LogP contribution in [0.3, 0.4) is 0 Å². The molecule has 0 fully saturated rings. The summed E-state index contributed by atoms with van der Waals surface area (Å²) in [6.07, 6.45) is 1.54.